The molecule has 0 fully saturated rings. The number of carbonyl (C=O) groups excluding carboxylic acids is 2. The summed E-state index contributed by atoms with van der Waals surface area (Å²) < 4.78 is 5.49. The summed E-state index contributed by atoms with van der Waals surface area (Å²) in [5.74, 6) is -0.0246. The van der Waals surface area contributed by atoms with E-state index in [0.717, 1.165) is 57.8 Å². The van der Waals surface area contributed by atoms with Gasteiger partial charge in [0.05, 0.1) is 25.4 Å². The lowest BCUT2D eigenvalue weighted by Crippen LogP contribution is -2.45. The molecule has 6 nitrogen and oxygen atoms in total. The zero-order valence-corrected chi connectivity index (χ0v) is 60.2. The minimum absolute atomic E-state index is 0.00319. The van der Waals surface area contributed by atoms with Crippen LogP contribution in [0.5, 0.6) is 0 Å². The fourth-order valence-corrected chi connectivity index (χ4v) is 12.7. The number of esters is 1. The van der Waals surface area contributed by atoms with Crippen molar-refractivity contribution in [1.82, 2.24) is 5.32 Å². The Bertz CT molecular complexity index is 1490. The Morgan fingerprint density at radius 3 is 0.876 bits per heavy atom. The molecule has 524 valence electrons. The van der Waals surface area contributed by atoms with Gasteiger partial charge in [-0.2, -0.15) is 0 Å². The Labute approximate surface area is 556 Å². The largest absolute Gasteiger partial charge is 0.466 e. The molecular formula is C83H157NO5. The van der Waals surface area contributed by atoms with E-state index in [1.54, 1.807) is 0 Å². The van der Waals surface area contributed by atoms with Crippen molar-refractivity contribution in [2.45, 2.75) is 456 Å². The van der Waals surface area contributed by atoms with Crippen LogP contribution >= 0.6 is 0 Å². The number of ether oxygens (including phenoxy) is 1. The number of unbranched alkanes of at least 4 members (excludes halogenated alkanes) is 57. The molecule has 0 aromatic heterocycles. The molecule has 0 aromatic rings. The summed E-state index contributed by atoms with van der Waals surface area (Å²) in [5.41, 5.74) is 0. The van der Waals surface area contributed by atoms with Crippen LogP contribution < -0.4 is 5.32 Å². The van der Waals surface area contributed by atoms with Crippen LogP contribution in [0, 0.1) is 0 Å². The summed E-state index contributed by atoms with van der Waals surface area (Å²) in [6.45, 7) is 4.96. The number of allylic oxidation sites excluding steroid dienone is 8. The van der Waals surface area contributed by atoms with Crippen LogP contribution in [-0.2, 0) is 14.3 Å². The lowest BCUT2D eigenvalue weighted by molar-refractivity contribution is -0.143. The average Bonchev–Trinajstić information content (AvgIpc) is 3.56. The summed E-state index contributed by atoms with van der Waals surface area (Å²) in [6, 6.07) is -0.541. The standard InChI is InChI=1S/C83H157NO5/c1-3-5-7-9-11-13-15-17-19-20-21-22-38-41-44-48-51-55-59-63-67-71-75-81(86)80(79-85)84-82(87)76-72-68-64-60-56-52-49-45-42-39-36-34-32-30-28-26-24-23-25-27-29-31-33-35-37-40-43-46-50-54-58-62-66-70-74-78-89-83(88)77-73-69-65-61-57-53-47-18-16-14-12-10-8-6-4-2/h12,14,18,25,27,31,33,47,80-81,85-86H,3-11,13,15-17,19-24,26,28-30,32,34-46,48-79H2,1-2H3,(H,84,87)/b14-12-,27-25-,33-31-,47-18-. The molecule has 0 spiro atoms. The maximum atomic E-state index is 12.6. The van der Waals surface area contributed by atoms with Gasteiger partial charge in [0, 0.05) is 12.8 Å². The van der Waals surface area contributed by atoms with E-state index in [9.17, 15) is 19.8 Å². The Kier molecular flexibility index (Phi) is 76.3. The number of carbonyl (C=O) groups is 2. The first-order valence-corrected chi connectivity index (χ1v) is 40.4. The van der Waals surface area contributed by atoms with Crippen molar-refractivity contribution < 1.29 is 24.5 Å². The van der Waals surface area contributed by atoms with Crippen LogP contribution in [-0.4, -0.2) is 47.4 Å². The summed E-state index contributed by atoms with van der Waals surface area (Å²) in [7, 11) is 0. The van der Waals surface area contributed by atoms with Gasteiger partial charge in [-0.3, -0.25) is 9.59 Å². The molecule has 89 heavy (non-hydrogen) atoms. The van der Waals surface area contributed by atoms with Gasteiger partial charge < -0.3 is 20.3 Å². The molecule has 0 aliphatic carbocycles. The van der Waals surface area contributed by atoms with Gasteiger partial charge >= 0.3 is 5.97 Å². The van der Waals surface area contributed by atoms with Gasteiger partial charge in [0.1, 0.15) is 0 Å². The van der Waals surface area contributed by atoms with Gasteiger partial charge in [0.2, 0.25) is 5.91 Å². The van der Waals surface area contributed by atoms with Gasteiger partial charge in [0.25, 0.3) is 0 Å². The highest BCUT2D eigenvalue weighted by Crippen LogP contribution is 2.20. The Balaban J connectivity index is 3.38. The van der Waals surface area contributed by atoms with Crippen LogP contribution in [0.25, 0.3) is 0 Å². The van der Waals surface area contributed by atoms with Crippen LogP contribution in [0.15, 0.2) is 48.6 Å². The fraction of sp³-hybridized carbons (Fsp3) is 0.880. The van der Waals surface area contributed by atoms with Crippen LogP contribution in [0.1, 0.15) is 444 Å². The number of amides is 1. The smallest absolute Gasteiger partial charge is 0.305 e. The van der Waals surface area contributed by atoms with Gasteiger partial charge in [-0.25, -0.2) is 0 Å². The monoisotopic (exact) mass is 1250 g/mol. The highest BCUT2D eigenvalue weighted by molar-refractivity contribution is 5.76. The van der Waals surface area contributed by atoms with Crippen LogP contribution in [0.3, 0.4) is 0 Å². The Morgan fingerprint density at radius 1 is 0.315 bits per heavy atom. The van der Waals surface area contributed by atoms with Gasteiger partial charge in [-0.15, -0.1) is 0 Å². The molecule has 0 saturated heterocycles. The van der Waals surface area contributed by atoms with E-state index < -0.39 is 12.1 Å². The van der Waals surface area contributed by atoms with Crippen molar-refractivity contribution >= 4 is 11.9 Å². The normalized spacial score (nSPS) is 12.7. The SMILES string of the molecule is CCCCC/C=C\C/C=C\CCCCCCCC(=O)OCCCCCCCCCCCCC/C=C\C/C=C\CCCCCCCCCCCCCCCCCCCC(=O)NC(CO)C(O)CCCCCCCCCCCCCCCCCCCCCCCC. The predicted octanol–water partition coefficient (Wildman–Crippen LogP) is 26.8. The summed E-state index contributed by atoms with van der Waals surface area (Å²) in [4.78, 5) is 24.6. The summed E-state index contributed by atoms with van der Waals surface area (Å²) in [6.07, 6.45) is 103. The molecule has 2 unspecified atom stereocenters. The fourth-order valence-electron chi connectivity index (χ4n) is 12.7. The van der Waals surface area contributed by atoms with Crippen LogP contribution in [0.2, 0.25) is 0 Å². The van der Waals surface area contributed by atoms with E-state index in [1.165, 1.54) is 353 Å². The number of aliphatic hydroxyl groups excluding tert-OH is 2. The quantitative estimate of drug-likeness (QED) is 0.0320. The molecule has 6 heteroatoms. The molecular weight excluding hydrogens is 1090 g/mol. The molecule has 0 aliphatic rings. The maximum Gasteiger partial charge on any atom is 0.305 e. The third kappa shape index (κ3) is 74.7. The summed E-state index contributed by atoms with van der Waals surface area (Å²) in [5, 5.41) is 23.5. The van der Waals surface area contributed by atoms with E-state index >= 15 is 0 Å². The molecule has 1 amide bonds. The zero-order chi connectivity index (χ0) is 64.2. The van der Waals surface area contributed by atoms with E-state index in [-0.39, 0.29) is 18.5 Å². The minimum Gasteiger partial charge on any atom is -0.466 e. The highest BCUT2D eigenvalue weighted by atomic mass is 16.5. The van der Waals surface area contributed by atoms with Gasteiger partial charge in [-0.05, 0) is 89.9 Å². The topological polar surface area (TPSA) is 95.9 Å². The molecule has 3 N–H and O–H groups in total. The average molecular weight is 1250 g/mol. The molecule has 0 rings (SSSR count). The first kappa shape index (κ1) is 86.8. The molecule has 0 heterocycles. The second-order valence-corrected chi connectivity index (χ2v) is 27.7. The Morgan fingerprint density at radius 2 is 0.562 bits per heavy atom. The predicted molar refractivity (Wildman–Crippen MR) is 393 cm³/mol. The van der Waals surface area contributed by atoms with E-state index in [4.69, 9.17) is 4.74 Å². The van der Waals surface area contributed by atoms with Crippen molar-refractivity contribution in [2.75, 3.05) is 13.2 Å². The van der Waals surface area contributed by atoms with Crippen molar-refractivity contribution in [1.29, 1.82) is 0 Å². The second-order valence-electron chi connectivity index (χ2n) is 27.7. The van der Waals surface area contributed by atoms with Crippen molar-refractivity contribution in [3.8, 4) is 0 Å². The molecule has 0 saturated carbocycles. The first-order valence-electron chi connectivity index (χ1n) is 40.4. The van der Waals surface area contributed by atoms with Crippen molar-refractivity contribution in [3.05, 3.63) is 48.6 Å². The van der Waals surface area contributed by atoms with E-state index in [2.05, 4.69) is 67.8 Å². The third-order valence-electron chi connectivity index (χ3n) is 18.9. The Hall–Kier alpha value is -2.18. The van der Waals surface area contributed by atoms with Crippen molar-refractivity contribution in [2.24, 2.45) is 0 Å². The van der Waals surface area contributed by atoms with Crippen molar-refractivity contribution in [3.63, 3.8) is 0 Å². The van der Waals surface area contributed by atoms with E-state index in [0.29, 0.717) is 25.9 Å². The second kappa shape index (κ2) is 78.3. The molecule has 0 bridgehead atoms. The zero-order valence-electron chi connectivity index (χ0n) is 60.2. The number of rotatable bonds is 76. The molecule has 0 radical (unpaired) electrons. The minimum atomic E-state index is -0.665. The number of aliphatic hydroxyl groups is 2. The molecule has 2 atom stereocenters. The first-order chi connectivity index (χ1) is 44.0. The van der Waals surface area contributed by atoms with E-state index in [1.807, 2.05) is 0 Å². The maximum absolute atomic E-state index is 12.6. The highest BCUT2D eigenvalue weighted by Gasteiger charge is 2.20. The molecule has 0 aromatic carbocycles. The van der Waals surface area contributed by atoms with Crippen LogP contribution in [0.4, 0.5) is 0 Å². The number of hydrogen-bond acceptors (Lipinski definition) is 5. The number of nitrogens with one attached hydrogen (secondary N) is 1. The lowest BCUT2D eigenvalue weighted by atomic mass is 10.0. The lowest BCUT2D eigenvalue weighted by Gasteiger charge is -2.22. The summed E-state index contributed by atoms with van der Waals surface area (Å²) >= 11 is 0. The number of hydrogen-bond donors (Lipinski definition) is 3. The van der Waals surface area contributed by atoms with Gasteiger partial charge in [0.15, 0.2) is 0 Å². The molecule has 0 aliphatic heterocycles. The third-order valence-corrected chi connectivity index (χ3v) is 18.9. The van der Waals surface area contributed by atoms with Gasteiger partial charge in [-0.1, -0.05) is 390 Å².